The van der Waals surface area contributed by atoms with Crippen molar-refractivity contribution in [2.24, 2.45) is 7.05 Å². The zero-order valence-corrected chi connectivity index (χ0v) is 27.5. The molecular weight excluding hydrogens is 608 g/mol. The number of carbonyl (C=O) groups is 1. The van der Waals surface area contributed by atoms with Gasteiger partial charge in [-0.2, -0.15) is 20.1 Å². The van der Waals surface area contributed by atoms with Crippen molar-refractivity contribution in [1.82, 2.24) is 29.4 Å². The number of benzene rings is 2. The van der Waals surface area contributed by atoms with Crippen molar-refractivity contribution in [2.75, 3.05) is 25.0 Å². The Morgan fingerprint density at radius 1 is 1.02 bits per heavy atom. The number of nitriles is 1. The van der Waals surface area contributed by atoms with E-state index in [9.17, 15) is 19.6 Å². The van der Waals surface area contributed by atoms with E-state index in [1.54, 1.807) is 74.6 Å². The molecule has 0 atom stereocenters. The summed E-state index contributed by atoms with van der Waals surface area (Å²) in [4.78, 5) is 46.1. The van der Waals surface area contributed by atoms with Gasteiger partial charge in [0.2, 0.25) is 0 Å². The predicted molar refractivity (Wildman–Crippen MR) is 183 cm³/mol. The Hall–Kier alpha value is -5.67. The number of hydrogen-bond donors (Lipinski definition) is 1. The van der Waals surface area contributed by atoms with Crippen LogP contribution in [-0.4, -0.2) is 61.0 Å². The standard InChI is InChI=1S/C36H36N8O4/c1-35(2,21-37)24-10-12-26-23(16-24)18-39-44(33(26)46)31-9-6-8-27(28(31)20-45)29-17-30(34(47)42(5)41-29)40-32-13-11-25(19-38-32)48-36(3,4)22-43-14-7-15-43/h6,8-13,16-20H,7,14-15,22H2,1-5H3,(H,38,40). The van der Waals surface area contributed by atoms with Gasteiger partial charge in [0.05, 0.1) is 40.6 Å². The van der Waals surface area contributed by atoms with Gasteiger partial charge >= 0.3 is 0 Å². The lowest BCUT2D eigenvalue weighted by molar-refractivity contribution is 0.0350. The summed E-state index contributed by atoms with van der Waals surface area (Å²) in [5.74, 6) is 1.04. The van der Waals surface area contributed by atoms with Crippen molar-refractivity contribution in [2.45, 2.75) is 45.1 Å². The van der Waals surface area contributed by atoms with Gasteiger partial charge in [-0.3, -0.25) is 19.3 Å². The van der Waals surface area contributed by atoms with Crippen LogP contribution >= 0.6 is 0 Å². The molecule has 6 rings (SSSR count). The molecule has 1 aliphatic rings. The Bertz CT molecular complexity index is 2190. The molecule has 0 radical (unpaired) electrons. The fourth-order valence-corrected chi connectivity index (χ4v) is 5.77. The SMILES string of the molecule is Cn1nc(-c2cccc(-n3ncc4cc(C(C)(C)C#N)ccc4c3=O)c2C=O)cc(Nc2ccc(OC(C)(C)CN3CCC3)cn2)c1=O. The lowest BCUT2D eigenvalue weighted by Crippen LogP contribution is -2.48. The number of likely N-dealkylation sites (tertiary alicyclic amines) is 1. The summed E-state index contributed by atoms with van der Waals surface area (Å²) in [5.41, 5.74) is 0.177. The van der Waals surface area contributed by atoms with Crippen LogP contribution in [0.4, 0.5) is 11.5 Å². The molecule has 48 heavy (non-hydrogen) atoms. The molecule has 5 aromatic rings. The number of aryl methyl sites for hydroxylation is 1. The van der Waals surface area contributed by atoms with Gasteiger partial charge in [0, 0.05) is 30.1 Å². The minimum atomic E-state index is -0.739. The molecular formula is C36H36N8O4. The van der Waals surface area contributed by atoms with E-state index in [4.69, 9.17) is 4.74 Å². The van der Waals surface area contributed by atoms with Crippen molar-refractivity contribution < 1.29 is 9.53 Å². The molecule has 0 bridgehead atoms. The maximum atomic E-state index is 13.6. The number of ether oxygens (including phenoxy) is 1. The van der Waals surface area contributed by atoms with Gasteiger partial charge < -0.3 is 10.1 Å². The quantitative estimate of drug-likeness (QED) is 0.211. The largest absolute Gasteiger partial charge is 0.485 e. The van der Waals surface area contributed by atoms with E-state index in [2.05, 4.69) is 31.5 Å². The number of anilines is 2. The summed E-state index contributed by atoms with van der Waals surface area (Å²) < 4.78 is 8.53. The molecule has 1 aliphatic heterocycles. The van der Waals surface area contributed by atoms with Gasteiger partial charge in [-0.05, 0) is 89.2 Å². The second-order valence-electron chi connectivity index (χ2n) is 13.1. The summed E-state index contributed by atoms with van der Waals surface area (Å²) in [5, 5.41) is 22.4. The number of rotatable bonds is 10. The van der Waals surface area contributed by atoms with Crippen LogP contribution in [0.3, 0.4) is 0 Å². The number of aromatic nitrogens is 5. The molecule has 0 spiro atoms. The first-order valence-electron chi connectivity index (χ1n) is 15.6. The molecule has 1 saturated heterocycles. The molecule has 0 saturated carbocycles. The van der Waals surface area contributed by atoms with Crippen molar-refractivity contribution >= 4 is 28.6 Å². The molecule has 3 aromatic heterocycles. The van der Waals surface area contributed by atoms with E-state index in [1.807, 2.05) is 13.8 Å². The Labute approximate surface area is 277 Å². The van der Waals surface area contributed by atoms with Crippen molar-refractivity contribution in [1.29, 1.82) is 5.26 Å². The second kappa shape index (κ2) is 12.5. The van der Waals surface area contributed by atoms with Crippen LogP contribution in [0.25, 0.3) is 27.7 Å². The van der Waals surface area contributed by atoms with Gasteiger partial charge in [0.1, 0.15) is 22.9 Å². The zero-order chi connectivity index (χ0) is 34.2. The maximum absolute atomic E-state index is 13.6. The van der Waals surface area contributed by atoms with Crippen molar-refractivity contribution in [3.63, 3.8) is 0 Å². The molecule has 4 heterocycles. The number of fused-ring (bicyclic) bond motifs is 1. The number of pyridine rings is 1. The zero-order valence-electron chi connectivity index (χ0n) is 27.5. The molecule has 0 unspecified atom stereocenters. The first-order valence-corrected chi connectivity index (χ1v) is 15.6. The fourth-order valence-electron chi connectivity index (χ4n) is 5.77. The molecule has 1 N–H and O–H groups in total. The van der Waals surface area contributed by atoms with E-state index in [0.29, 0.717) is 39.9 Å². The average molecular weight is 645 g/mol. The first-order chi connectivity index (χ1) is 22.9. The maximum Gasteiger partial charge on any atom is 0.290 e. The van der Waals surface area contributed by atoms with Gasteiger partial charge in [0.25, 0.3) is 11.1 Å². The Kier molecular flexibility index (Phi) is 8.41. The summed E-state index contributed by atoms with van der Waals surface area (Å²) in [6, 6.07) is 17.6. The highest BCUT2D eigenvalue weighted by molar-refractivity contribution is 5.92. The highest BCUT2D eigenvalue weighted by atomic mass is 16.5. The first kappa shape index (κ1) is 32.3. The Morgan fingerprint density at radius 2 is 1.81 bits per heavy atom. The lowest BCUT2D eigenvalue weighted by atomic mass is 9.85. The van der Waals surface area contributed by atoms with Crippen LogP contribution in [-0.2, 0) is 12.5 Å². The fraction of sp³-hybridized carbons (Fsp3) is 0.306. The van der Waals surface area contributed by atoms with E-state index >= 15 is 0 Å². The van der Waals surface area contributed by atoms with Gasteiger partial charge in [0.15, 0.2) is 6.29 Å². The van der Waals surface area contributed by atoms with Crippen LogP contribution in [0.5, 0.6) is 5.75 Å². The van der Waals surface area contributed by atoms with Crippen molar-refractivity contribution in [3.8, 4) is 28.8 Å². The number of carbonyl (C=O) groups excluding carboxylic acids is 1. The highest BCUT2D eigenvalue weighted by Crippen LogP contribution is 2.29. The third-order valence-corrected chi connectivity index (χ3v) is 8.50. The predicted octanol–water partition coefficient (Wildman–Crippen LogP) is 4.76. The van der Waals surface area contributed by atoms with Gasteiger partial charge in [-0.15, -0.1) is 0 Å². The Balaban J connectivity index is 1.31. The van der Waals surface area contributed by atoms with Crippen LogP contribution in [0.2, 0.25) is 0 Å². The van der Waals surface area contributed by atoms with E-state index < -0.39 is 16.5 Å². The minimum Gasteiger partial charge on any atom is -0.485 e. The molecule has 2 aromatic carbocycles. The third kappa shape index (κ3) is 6.32. The van der Waals surface area contributed by atoms with Gasteiger partial charge in [-0.1, -0.05) is 18.2 Å². The minimum absolute atomic E-state index is 0.172. The number of nitrogens with one attached hydrogen (secondary N) is 1. The monoisotopic (exact) mass is 644 g/mol. The average Bonchev–Trinajstić information content (AvgIpc) is 3.05. The molecule has 1 fully saturated rings. The summed E-state index contributed by atoms with van der Waals surface area (Å²) in [7, 11) is 1.52. The molecule has 0 aliphatic carbocycles. The van der Waals surface area contributed by atoms with E-state index in [-0.39, 0.29) is 22.5 Å². The molecule has 12 nitrogen and oxygen atoms in total. The van der Waals surface area contributed by atoms with Gasteiger partial charge in [-0.25, -0.2) is 9.67 Å². The Morgan fingerprint density at radius 3 is 2.48 bits per heavy atom. The summed E-state index contributed by atoms with van der Waals surface area (Å²) >= 11 is 0. The second-order valence-corrected chi connectivity index (χ2v) is 13.1. The third-order valence-electron chi connectivity index (χ3n) is 8.50. The number of hydrogen-bond acceptors (Lipinski definition) is 10. The number of nitrogens with zero attached hydrogens (tertiary/aromatic N) is 7. The summed E-state index contributed by atoms with van der Waals surface area (Å²) in [6.45, 7) is 10.7. The molecule has 0 amide bonds. The smallest absolute Gasteiger partial charge is 0.290 e. The van der Waals surface area contributed by atoms with Crippen molar-refractivity contribution in [3.05, 3.63) is 98.8 Å². The van der Waals surface area contributed by atoms with E-state index in [0.717, 1.165) is 25.2 Å². The van der Waals surface area contributed by atoms with E-state index in [1.165, 1.54) is 29.0 Å². The summed E-state index contributed by atoms with van der Waals surface area (Å²) in [6.07, 6.45) is 5.01. The van der Waals surface area contributed by atoms with Crippen LogP contribution in [0.1, 0.15) is 50.0 Å². The molecule has 12 heteroatoms. The topological polar surface area (TPSA) is 148 Å². The molecule has 244 valence electrons. The highest BCUT2D eigenvalue weighted by Gasteiger charge is 2.27. The van der Waals surface area contributed by atoms with Crippen LogP contribution in [0, 0.1) is 11.3 Å². The lowest BCUT2D eigenvalue weighted by Gasteiger charge is -2.38. The normalized spacial score (nSPS) is 13.5. The van der Waals surface area contributed by atoms with Crippen LogP contribution < -0.4 is 21.2 Å². The number of aldehydes is 1. The van der Waals surface area contributed by atoms with Crippen LogP contribution in [0.15, 0.2) is 76.6 Å².